The molecule has 3 aromatic carbocycles. The highest BCUT2D eigenvalue weighted by molar-refractivity contribution is 6.08. The molecule has 1 aromatic heterocycles. The van der Waals surface area contributed by atoms with E-state index in [-0.39, 0.29) is 24.2 Å². The number of furan rings is 1. The van der Waals surface area contributed by atoms with Crippen LogP contribution in [0.2, 0.25) is 0 Å². The lowest BCUT2D eigenvalue weighted by Crippen LogP contribution is -2.32. The Bertz CT molecular complexity index is 1490. The third-order valence-corrected chi connectivity index (χ3v) is 5.59. The molecule has 1 atom stereocenters. The number of carbonyl (C=O) groups is 3. The molecule has 2 N–H and O–H groups in total. The standard InChI is InChI=1S/C26H23N3O8/c1-15(36-24(30)11-12-27-26(32)16-7-9-17(10-8-16)29(33)34)25(31)28-20-14-22-19(13-23(20)35-2)18-5-3-4-6-21(18)37-22/h3-10,13-15H,11-12H2,1-2H3,(H,27,32)(H,28,31). The summed E-state index contributed by atoms with van der Waals surface area (Å²) in [7, 11) is 1.48. The van der Waals surface area contributed by atoms with Crippen LogP contribution in [-0.2, 0) is 14.3 Å². The van der Waals surface area contributed by atoms with Crippen LogP contribution < -0.4 is 15.4 Å². The maximum Gasteiger partial charge on any atom is 0.308 e. The van der Waals surface area contributed by atoms with Crippen LogP contribution in [0.15, 0.2) is 65.1 Å². The van der Waals surface area contributed by atoms with Crippen molar-refractivity contribution < 1.29 is 33.2 Å². The summed E-state index contributed by atoms with van der Waals surface area (Å²) in [5.41, 5.74) is 1.69. The largest absolute Gasteiger partial charge is 0.495 e. The molecule has 0 radical (unpaired) electrons. The lowest BCUT2D eigenvalue weighted by atomic mass is 10.1. The van der Waals surface area contributed by atoms with Gasteiger partial charge < -0.3 is 24.5 Å². The van der Waals surface area contributed by atoms with Gasteiger partial charge in [-0.1, -0.05) is 18.2 Å². The van der Waals surface area contributed by atoms with E-state index in [0.717, 1.165) is 10.8 Å². The van der Waals surface area contributed by atoms with Gasteiger partial charge in [-0.25, -0.2) is 0 Å². The van der Waals surface area contributed by atoms with Gasteiger partial charge in [-0.2, -0.15) is 0 Å². The number of amides is 2. The van der Waals surface area contributed by atoms with Gasteiger partial charge in [0.15, 0.2) is 6.10 Å². The number of carbonyl (C=O) groups excluding carboxylic acids is 3. The van der Waals surface area contributed by atoms with Gasteiger partial charge in [-0.15, -0.1) is 0 Å². The van der Waals surface area contributed by atoms with Gasteiger partial charge in [0.25, 0.3) is 17.5 Å². The van der Waals surface area contributed by atoms with Gasteiger partial charge in [0, 0.05) is 41.1 Å². The molecule has 1 unspecified atom stereocenters. The van der Waals surface area contributed by atoms with Gasteiger partial charge in [-0.05, 0) is 31.2 Å². The number of rotatable bonds is 9. The summed E-state index contributed by atoms with van der Waals surface area (Å²) in [5, 5.41) is 17.7. The second-order valence-corrected chi connectivity index (χ2v) is 8.08. The fraction of sp³-hybridized carbons (Fsp3) is 0.192. The van der Waals surface area contributed by atoms with Crippen LogP contribution in [0.5, 0.6) is 5.75 Å². The predicted molar refractivity (Wildman–Crippen MR) is 135 cm³/mol. The molecule has 0 saturated carbocycles. The van der Waals surface area contributed by atoms with Crippen LogP contribution in [0, 0.1) is 10.1 Å². The first-order chi connectivity index (χ1) is 17.8. The number of anilines is 1. The Morgan fingerprint density at radius 3 is 2.46 bits per heavy atom. The molecule has 37 heavy (non-hydrogen) atoms. The van der Waals surface area contributed by atoms with Gasteiger partial charge >= 0.3 is 5.97 Å². The van der Waals surface area contributed by atoms with Gasteiger partial charge in [-0.3, -0.25) is 24.5 Å². The maximum atomic E-state index is 12.7. The molecular formula is C26H23N3O8. The number of non-ortho nitro benzene ring substituents is 1. The summed E-state index contributed by atoms with van der Waals surface area (Å²) >= 11 is 0. The number of nitro groups is 1. The molecule has 0 aliphatic heterocycles. The zero-order valence-electron chi connectivity index (χ0n) is 20.0. The van der Waals surface area contributed by atoms with Crippen LogP contribution in [0.1, 0.15) is 23.7 Å². The minimum Gasteiger partial charge on any atom is -0.495 e. The molecule has 0 saturated heterocycles. The average molecular weight is 505 g/mol. The summed E-state index contributed by atoms with van der Waals surface area (Å²) in [4.78, 5) is 47.1. The van der Waals surface area contributed by atoms with Crippen molar-refractivity contribution in [2.24, 2.45) is 0 Å². The molecule has 0 spiro atoms. The highest BCUT2D eigenvalue weighted by Crippen LogP contribution is 2.36. The van der Waals surface area contributed by atoms with E-state index in [1.54, 1.807) is 12.1 Å². The SMILES string of the molecule is COc1cc2c(cc1NC(=O)C(C)OC(=O)CCNC(=O)c1ccc([N+](=O)[O-])cc1)oc1ccccc12. The summed E-state index contributed by atoms with van der Waals surface area (Å²) in [5.74, 6) is -1.34. The highest BCUT2D eigenvalue weighted by atomic mass is 16.6. The van der Waals surface area contributed by atoms with Gasteiger partial charge in [0.2, 0.25) is 0 Å². The Kier molecular flexibility index (Phi) is 7.33. The van der Waals surface area contributed by atoms with Crippen molar-refractivity contribution in [2.45, 2.75) is 19.4 Å². The molecular weight excluding hydrogens is 482 g/mol. The second-order valence-electron chi connectivity index (χ2n) is 8.08. The summed E-state index contributed by atoms with van der Waals surface area (Å²) in [6.07, 6.45) is -1.29. The number of para-hydroxylation sites is 1. The van der Waals surface area contributed by atoms with Crippen molar-refractivity contribution in [3.05, 3.63) is 76.3 Å². The van der Waals surface area contributed by atoms with E-state index in [4.69, 9.17) is 13.9 Å². The van der Waals surface area contributed by atoms with E-state index in [2.05, 4.69) is 10.6 Å². The molecule has 1 heterocycles. The second kappa shape index (κ2) is 10.8. The van der Waals surface area contributed by atoms with Crippen molar-refractivity contribution >= 4 is 51.1 Å². The third-order valence-electron chi connectivity index (χ3n) is 5.59. The molecule has 0 bridgehead atoms. The number of esters is 1. The van der Waals surface area contributed by atoms with Crippen molar-refractivity contribution in [1.82, 2.24) is 5.32 Å². The van der Waals surface area contributed by atoms with Crippen molar-refractivity contribution in [3.63, 3.8) is 0 Å². The van der Waals surface area contributed by atoms with Crippen molar-refractivity contribution in [3.8, 4) is 5.75 Å². The third kappa shape index (κ3) is 5.67. The number of methoxy groups -OCH3 is 1. The molecule has 2 amide bonds. The molecule has 0 fully saturated rings. The number of hydrogen-bond donors (Lipinski definition) is 2. The van der Waals surface area contributed by atoms with Crippen LogP contribution >= 0.6 is 0 Å². The first kappa shape index (κ1) is 25.2. The Balaban J connectivity index is 1.31. The van der Waals surface area contributed by atoms with Crippen molar-refractivity contribution in [1.29, 1.82) is 0 Å². The Morgan fingerprint density at radius 2 is 1.76 bits per heavy atom. The summed E-state index contributed by atoms with van der Waals surface area (Å²) in [6, 6.07) is 16.0. The Morgan fingerprint density at radius 1 is 1.03 bits per heavy atom. The molecule has 190 valence electrons. The Labute approximate surface area is 210 Å². The van der Waals surface area contributed by atoms with Crippen LogP contribution in [0.4, 0.5) is 11.4 Å². The number of benzene rings is 3. The predicted octanol–water partition coefficient (Wildman–Crippen LogP) is 4.19. The lowest BCUT2D eigenvalue weighted by molar-refractivity contribution is -0.384. The van der Waals surface area contributed by atoms with E-state index >= 15 is 0 Å². The monoisotopic (exact) mass is 505 g/mol. The molecule has 4 rings (SSSR count). The van der Waals surface area contributed by atoms with Gasteiger partial charge in [0.1, 0.15) is 16.9 Å². The smallest absolute Gasteiger partial charge is 0.308 e. The molecule has 4 aromatic rings. The van der Waals surface area contributed by atoms with Gasteiger partial charge in [0.05, 0.1) is 24.1 Å². The van der Waals surface area contributed by atoms with E-state index in [9.17, 15) is 24.5 Å². The van der Waals surface area contributed by atoms with E-state index < -0.39 is 28.8 Å². The number of nitrogens with zero attached hydrogens (tertiary/aromatic N) is 1. The number of hydrogen-bond acceptors (Lipinski definition) is 8. The molecule has 11 heteroatoms. The minimum atomic E-state index is -1.12. The fourth-order valence-electron chi connectivity index (χ4n) is 3.68. The number of nitro benzene ring substituents is 1. The summed E-state index contributed by atoms with van der Waals surface area (Å²) < 4.78 is 16.5. The quantitative estimate of drug-likeness (QED) is 0.195. The highest BCUT2D eigenvalue weighted by Gasteiger charge is 2.21. The first-order valence-electron chi connectivity index (χ1n) is 11.3. The number of nitrogens with one attached hydrogen (secondary N) is 2. The zero-order valence-corrected chi connectivity index (χ0v) is 20.0. The Hall–Kier alpha value is -4.93. The molecule has 11 nitrogen and oxygen atoms in total. The lowest BCUT2D eigenvalue weighted by Gasteiger charge is -2.15. The number of ether oxygens (including phenoxy) is 2. The molecule has 0 aliphatic carbocycles. The average Bonchev–Trinajstić information content (AvgIpc) is 3.25. The molecule has 0 aliphatic rings. The van der Waals surface area contributed by atoms with Crippen LogP contribution in [0.25, 0.3) is 21.9 Å². The van der Waals surface area contributed by atoms with E-state index in [1.165, 1.54) is 38.3 Å². The fourth-order valence-corrected chi connectivity index (χ4v) is 3.68. The van der Waals surface area contributed by atoms with Crippen LogP contribution in [-0.4, -0.2) is 42.5 Å². The van der Waals surface area contributed by atoms with Crippen molar-refractivity contribution in [2.75, 3.05) is 19.0 Å². The topological polar surface area (TPSA) is 150 Å². The normalized spacial score (nSPS) is 11.6. The number of fused-ring (bicyclic) bond motifs is 3. The van der Waals surface area contributed by atoms with E-state index in [1.807, 2.05) is 24.3 Å². The summed E-state index contributed by atoms with van der Waals surface area (Å²) in [6.45, 7) is 1.38. The zero-order chi connectivity index (χ0) is 26.5. The minimum absolute atomic E-state index is 0.0421. The van der Waals surface area contributed by atoms with E-state index in [0.29, 0.717) is 22.6 Å². The maximum absolute atomic E-state index is 12.7. The first-order valence-corrected chi connectivity index (χ1v) is 11.3. The van der Waals surface area contributed by atoms with Crippen LogP contribution in [0.3, 0.4) is 0 Å².